The molecule has 0 unspecified atom stereocenters. The second-order valence-corrected chi connectivity index (χ2v) is 7.00. The average molecular weight is 364 g/mol. The lowest BCUT2D eigenvalue weighted by molar-refractivity contribution is -0.910. The van der Waals surface area contributed by atoms with E-state index in [1.807, 2.05) is 48.5 Å². The molecule has 2 aromatic rings. The average Bonchev–Trinajstić information content (AvgIpc) is 2.74. The van der Waals surface area contributed by atoms with E-state index in [4.69, 9.17) is 4.74 Å². The lowest BCUT2D eigenvalue weighted by Crippen LogP contribution is -3.14. The third-order valence-corrected chi connectivity index (χ3v) is 5.01. The Morgan fingerprint density at radius 3 is 2.07 bits per heavy atom. The molecule has 1 saturated heterocycles. The summed E-state index contributed by atoms with van der Waals surface area (Å²) in [5.74, 6) is -0.268. The first-order valence-electron chi connectivity index (χ1n) is 9.43. The molecule has 27 heavy (non-hydrogen) atoms. The number of nitrogens with one attached hydrogen (secondary N) is 1. The van der Waals surface area contributed by atoms with Crippen LogP contribution in [0.25, 0.3) is 0 Å². The Bertz CT molecular complexity index is 780. The Kier molecular flexibility index (Phi) is 6.69. The van der Waals surface area contributed by atoms with Crippen LogP contribution >= 0.6 is 0 Å². The highest BCUT2D eigenvalue weighted by molar-refractivity contribution is 6.09. The number of ketones is 2. The van der Waals surface area contributed by atoms with Gasteiger partial charge >= 0.3 is 0 Å². The summed E-state index contributed by atoms with van der Waals surface area (Å²) < 4.78 is 5.43. The van der Waals surface area contributed by atoms with E-state index in [1.165, 1.54) is 4.90 Å². The molecular formula is C23H26NO3+. The van der Waals surface area contributed by atoms with E-state index in [0.29, 0.717) is 42.9 Å². The van der Waals surface area contributed by atoms with Gasteiger partial charge < -0.3 is 9.64 Å². The maximum atomic E-state index is 13.1. The molecule has 0 bridgehead atoms. The van der Waals surface area contributed by atoms with E-state index in [9.17, 15) is 9.59 Å². The van der Waals surface area contributed by atoms with Gasteiger partial charge in [0.25, 0.3) is 0 Å². The molecule has 1 atom stereocenters. The summed E-state index contributed by atoms with van der Waals surface area (Å²) in [5, 5.41) is 0. The predicted molar refractivity (Wildman–Crippen MR) is 105 cm³/mol. The van der Waals surface area contributed by atoms with Gasteiger partial charge in [-0.15, -0.1) is 0 Å². The zero-order valence-corrected chi connectivity index (χ0v) is 15.5. The molecule has 1 aliphatic rings. The van der Waals surface area contributed by atoms with Crippen molar-refractivity contribution in [1.82, 2.24) is 0 Å². The Hall–Kier alpha value is -2.56. The number of rotatable bonds is 8. The zero-order valence-electron chi connectivity index (χ0n) is 15.5. The molecule has 4 nitrogen and oxygen atoms in total. The van der Waals surface area contributed by atoms with Crippen molar-refractivity contribution in [2.24, 2.45) is 5.92 Å². The molecule has 140 valence electrons. The standard InChI is InChI=1S/C23H25NO3/c1-18(22(25)19-8-4-2-5-9-19)16-21(17-24-12-14-27-15-13-24)23(26)20-10-6-3-7-11-20/h2-11,21H,1,12-17H2/p+1/t21-/m0/s1. The minimum absolute atomic E-state index is 0.0802. The van der Waals surface area contributed by atoms with E-state index in [1.54, 1.807) is 12.1 Å². The lowest BCUT2D eigenvalue weighted by atomic mass is 9.88. The Morgan fingerprint density at radius 1 is 0.926 bits per heavy atom. The summed E-state index contributed by atoms with van der Waals surface area (Å²) >= 11 is 0. The fourth-order valence-electron chi connectivity index (χ4n) is 3.49. The van der Waals surface area contributed by atoms with Crippen molar-refractivity contribution in [2.45, 2.75) is 6.42 Å². The molecule has 1 heterocycles. The molecule has 2 aromatic carbocycles. The van der Waals surface area contributed by atoms with Crippen LogP contribution in [0.15, 0.2) is 72.8 Å². The SMILES string of the molecule is C=C(C[C@@H](C[NH+]1CCOCC1)C(=O)c1ccccc1)C(=O)c1ccccc1. The van der Waals surface area contributed by atoms with Gasteiger partial charge in [-0.2, -0.15) is 0 Å². The first-order valence-corrected chi connectivity index (χ1v) is 9.43. The molecule has 0 saturated carbocycles. The van der Waals surface area contributed by atoms with Crippen LogP contribution in [-0.4, -0.2) is 44.4 Å². The molecule has 0 aliphatic carbocycles. The van der Waals surface area contributed by atoms with Crippen LogP contribution in [0, 0.1) is 5.92 Å². The highest BCUT2D eigenvalue weighted by Gasteiger charge is 2.28. The van der Waals surface area contributed by atoms with Crippen LogP contribution < -0.4 is 4.90 Å². The van der Waals surface area contributed by atoms with Gasteiger partial charge in [-0.1, -0.05) is 67.2 Å². The van der Waals surface area contributed by atoms with Crippen LogP contribution in [0.1, 0.15) is 27.1 Å². The Morgan fingerprint density at radius 2 is 1.48 bits per heavy atom. The summed E-state index contributed by atoms with van der Waals surface area (Å²) in [5.41, 5.74) is 1.80. The molecule has 1 N–H and O–H groups in total. The predicted octanol–water partition coefficient (Wildman–Crippen LogP) is 2.23. The number of carbonyl (C=O) groups is 2. The van der Waals surface area contributed by atoms with Gasteiger partial charge in [-0.3, -0.25) is 9.59 Å². The third kappa shape index (κ3) is 5.22. The van der Waals surface area contributed by atoms with Crippen molar-refractivity contribution in [1.29, 1.82) is 0 Å². The topological polar surface area (TPSA) is 47.8 Å². The van der Waals surface area contributed by atoms with Gasteiger partial charge in [-0.05, 0) is 12.0 Å². The maximum absolute atomic E-state index is 13.1. The second-order valence-electron chi connectivity index (χ2n) is 7.00. The fourth-order valence-corrected chi connectivity index (χ4v) is 3.49. The van der Waals surface area contributed by atoms with Gasteiger partial charge in [0, 0.05) is 11.1 Å². The van der Waals surface area contributed by atoms with E-state index in [2.05, 4.69) is 6.58 Å². The smallest absolute Gasteiger partial charge is 0.188 e. The minimum atomic E-state index is -0.263. The van der Waals surface area contributed by atoms with Crippen LogP contribution in [0.3, 0.4) is 0 Å². The summed E-state index contributed by atoms with van der Waals surface area (Å²) in [6.45, 7) is 7.90. The van der Waals surface area contributed by atoms with E-state index >= 15 is 0 Å². The summed E-state index contributed by atoms with van der Waals surface area (Å²) in [4.78, 5) is 27.2. The lowest BCUT2D eigenvalue weighted by Gasteiger charge is -2.27. The number of ether oxygens (including phenoxy) is 1. The molecule has 0 radical (unpaired) electrons. The molecular weight excluding hydrogens is 338 g/mol. The Balaban J connectivity index is 1.75. The van der Waals surface area contributed by atoms with Crippen molar-refractivity contribution >= 4 is 11.6 Å². The van der Waals surface area contributed by atoms with Gasteiger partial charge in [-0.25, -0.2) is 0 Å². The van der Waals surface area contributed by atoms with Gasteiger partial charge in [0.05, 0.1) is 25.7 Å². The molecule has 4 heteroatoms. The molecule has 0 spiro atoms. The largest absolute Gasteiger partial charge is 0.370 e. The monoisotopic (exact) mass is 364 g/mol. The van der Waals surface area contributed by atoms with Crippen molar-refractivity contribution in [3.8, 4) is 0 Å². The zero-order chi connectivity index (χ0) is 19.1. The highest BCUT2D eigenvalue weighted by Crippen LogP contribution is 2.19. The number of Topliss-reactive ketones (excluding diaryl/α,β-unsaturated/α-hetero) is 2. The van der Waals surface area contributed by atoms with Crippen LogP contribution in [0.2, 0.25) is 0 Å². The molecule has 1 fully saturated rings. The third-order valence-electron chi connectivity index (χ3n) is 5.01. The van der Waals surface area contributed by atoms with Crippen molar-refractivity contribution < 1.29 is 19.2 Å². The number of carbonyl (C=O) groups excluding carboxylic acids is 2. The number of allylic oxidation sites excluding steroid dienone is 1. The fraction of sp³-hybridized carbons (Fsp3) is 0.304. The number of hydrogen-bond acceptors (Lipinski definition) is 3. The Labute approximate surface area is 160 Å². The van der Waals surface area contributed by atoms with Crippen LogP contribution in [0.5, 0.6) is 0 Å². The molecule has 0 amide bonds. The number of hydrogen-bond donors (Lipinski definition) is 1. The molecule has 1 aliphatic heterocycles. The van der Waals surface area contributed by atoms with Gasteiger partial charge in [0.15, 0.2) is 11.6 Å². The number of benzene rings is 2. The normalized spacial score (nSPS) is 15.9. The first-order chi connectivity index (χ1) is 13.1. The number of quaternary nitrogens is 1. The van der Waals surface area contributed by atoms with Crippen molar-refractivity contribution in [2.75, 3.05) is 32.8 Å². The van der Waals surface area contributed by atoms with Gasteiger partial charge in [0.1, 0.15) is 13.1 Å². The van der Waals surface area contributed by atoms with E-state index in [0.717, 1.165) is 13.1 Å². The number of morpholine rings is 1. The summed E-state index contributed by atoms with van der Waals surface area (Å²) in [7, 11) is 0. The van der Waals surface area contributed by atoms with E-state index in [-0.39, 0.29) is 17.5 Å². The molecule has 0 aromatic heterocycles. The summed E-state index contributed by atoms with van der Waals surface area (Å²) in [6.07, 6.45) is 0.381. The summed E-state index contributed by atoms with van der Waals surface area (Å²) in [6, 6.07) is 18.4. The maximum Gasteiger partial charge on any atom is 0.188 e. The van der Waals surface area contributed by atoms with Gasteiger partial charge in [0.2, 0.25) is 0 Å². The van der Waals surface area contributed by atoms with Crippen LogP contribution in [0.4, 0.5) is 0 Å². The quantitative estimate of drug-likeness (QED) is 0.577. The first kappa shape index (κ1) is 19.2. The highest BCUT2D eigenvalue weighted by atomic mass is 16.5. The molecule has 3 rings (SSSR count). The van der Waals surface area contributed by atoms with Crippen molar-refractivity contribution in [3.63, 3.8) is 0 Å². The second kappa shape index (κ2) is 9.40. The van der Waals surface area contributed by atoms with Crippen molar-refractivity contribution in [3.05, 3.63) is 83.9 Å². The van der Waals surface area contributed by atoms with E-state index < -0.39 is 0 Å². The minimum Gasteiger partial charge on any atom is -0.370 e. The van der Waals surface area contributed by atoms with Crippen LogP contribution in [-0.2, 0) is 4.74 Å².